The van der Waals surface area contributed by atoms with Crippen molar-refractivity contribution in [3.63, 3.8) is 0 Å². The fourth-order valence-corrected chi connectivity index (χ4v) is 4.35. The van der Waals surface area contributed by atoms with E-state index in [0.717, 1.165) is 11.4 Å². The van der Waals surface area contributed by atoms with Crippen LogP contribution < -0.4 is 10.2 Å². The van der Waals surface area contributed by atoms with Crippen molar-refractivity contribution in [2.45, 2.75) is 12.1 Å². The van der Waals surface area contributed by atoms with E-state index in [4.69, 9.17) is 16.6 Å². The van der Waals surface area contributed by atoms with E-state index >= 15 is 0 Å². The molecule has 2 atom stereocenters. The number of anilines is 1. The normalized spacial score (nSPS) is 17.9. The molecule has 5 rings (SSSR count). The van der Waals surface area contributed by atoms with E-state index in [1.807, 2.05) is 59.5 Å². The lowest BCUT2D eigenvalue weighted by Crippen LogP contribution is -2.29. The Hall–Kier alpha value is -4.04. The zero-order valence-electron chi connectivity index (χ0n) is 16.8. The number of nitro groups is 1. The van der Waals surface area contributed by atoms with Crippen LogP contribution in [0.4, 0.5) is 11.4 Å². The Bertz CT molecular complexity index is 1280. The fraction of sp³-hybridized carbons (Fsp3) is 0.0833. The molecule has 1 N–H and O–H groups in total. The molecule has 0 bridgehead atoms. The average molecular weight is 443 g/mol. The molecule has 2 unspecified atom stereocenters. The highest BCUT2D eigenvalue weighted by molar-refractivity contribution is 7.80. The minimum absolute atomic E-state index is 0.00495. The van der Waals surface area contributed by atoms with Crippen LogP contribution in [-0.4, -0.2) is 15.0 Å². The van der Waals surface area contributed by atoms with Crippen LogP contribution in [0.25, 0.3) is 11.3 Å². The van der Waals surface area contributed by atoms with Gasteiger partial charge < -0.3 is 14.6 Å². The summed E-state index contributed by atoms with van der Waals surface area (Å²) in [6, 6.07) is 25.1. The molecule has 0 aliphatic carbocycles. The van der Waals surface area contributed by atoms with Gasteiger partial charge in [-0.3, -0.25) is 15.1 Å². The number of hydrogen-bond donors (Lipinski definition) is 1. The van der Waals surface area contributed by atoms with Gasteiger partial charge in [-0.1, -0.05) is 36.4 Å². The first-order valence-electron chi connectivity index (χ1n) is 10.0. The predicted octanol–water partition coefficient (Wildman–Crippen LogP) is 5.43. The van der Waals surface area contributed by atoms with Gasteiger partial charge in [0.15, 0.2) is 5.11 Å². The van der Waals surface area contributed by atoms with Crippen molar-refractivity contribution < 1.29 is 9.34 Å². The van der Waals surface area contributed by atoms with E-state index < -0.39 is 4.92 Å². The van der Waals surface area contributed by atoms with E-state index in [2.05, 4.69) is 10.3 Å². The predicted molar refractivity (Wildman–Crippen MR) is 125 cm³/mol. The van der Waals surface area contributed by atoms with Gasteiger partial charge in [0.1, 0.15) is 17.6 Å². The van der Waals surface area contributed by atoms with Crippen LogP contribution >= 0.6 is 12.2 Å². The summed E-state index contributed by atoms with van der Waals surface area (Å²) in [4.78, 5) is 17.6. The molecule has 158 valence electrons. The van der Waals surface area contributed by atoms with Crippen LogP contribution in [0.3, 0.4) is 0 Å². The van der Waals surface area contributed by atoms with E-state index in [1.165, 1.54) is 6.07 Å². The summed E-state index contributed by atoms with van der Waals surface area (Å²) in [5.41, 5.74) is 2.16. The second-order valence-electron chi connectivity index (χ2n) is 7.31. The number of benzene rings is 2. The van der Waals surface area contributed by atoms with Crippen molar-refractivity contribution in [1.82, 2.24) is 10.3 Å². The van der Waals surface area contributed by atoms with E-state index in [9.17, 15) is 10.1 Å². The molecule has 2 aromatic heterocycles. The molecule has 1 fully saturated rings. The molecule has 7 nitrogen and oxygen atoms in total. The molecule has 3 heterocycles. The van der Waals surface area contributed by atoms with Crippen molar-refractivity contribution in [1.29, 1.82) is 0 Å². The molecule has 2 aromatic carbocycles. The molecule has 0 amide bonds. The minimum atomic E-state index is -0.406. The largest absolute Gasteiger partial charge is 0.459 e. The van der Waals surface area contributed by atoms with Gasteiger partial charge in [-0.05, 0) is 54.7 Å². The molecule has 32 heavy (non-hydrogen) atoms. The molecule has 0 radical (unpaired) electrons. The second-order valence-corrected chi connectivity index (χ2v) is 7.70. The third-order valence-corrected chi connectivity index (χ3v) is 5.73. The Morgan fingerprint density at radius 2 is 1.72 bits per heavy atom. The number of pyridine rings is 1. The highest BCUT2D eigenvalue weighted by atomic mass is 32.1. The molecule has 4 aromatic rings. The maximum absolute atomic E-state index is 11.5. The van der Waals surface area contributed by atoms with Crippen molar-refractivity contribution >= 4 is 28.7 Å². The van der Waals surface area contributed by atoms with E-state index in [0.29, 0.717) is 22.2 Å². The fourth-order valence-electron chi connectivity index (χ4n) is 4.01. The Labute approximate surface area is 189 Å². The van der Waals surface area contributed by atoms with Crippen LogP contribution in [0, 0.1) is 10.1 Å². The third kappa shape index (κ3) is 3.50. The number of rotatable bonds is 5. The topological polar surface area (TPSA) is 84.4 Å². The highest BCUT2D eigenvalue weighted by Crippen LogP contribution is 2.43. The summed E-state index contributed by atoms with van der Waals surface area (Å²) in [5.74, 6) is 1.06. The maximum atomic E-state index is 11.5. The Balaban J connectivity index is 1.61. The number of para-hydroxylation sites is 2. The minimum Gasteiger partial charge on any atom is -0.459 e. The molecular weight excluding hydrogens is 424 g/mol. The monoisotopic (exact) mass is 442 g/mol. The molecule has 1 aliphatic rings. The van der Waals surface area contributed by atoms with Gasteiger partial charge in [-0.25, -0.2) is 0 Å². The highest BCUT2D eigenvalue weighted by Gasteiger charge is 2.42. The SMILES string of the molecule is O=[N+]([O-])c1ccccc1-c1ccc(C2C(c3ccccn3)NC(=S)N2c2ccccc2)o1. The van der Waals surface area contributed by atoms with E-state index in [1.54, 1.807) is 30.5 Å². The van der Waals surface area contributed by atoms with Crippen LogP contribution in [0.2, 0.25) is 0 Å². The zero-order valence-corrected chi connectivity index (χ0v) is 17.6. The first-order valence-corrected chi connectivity index (χ1v) is 10.4. The molecule has 0 saturated carbocycles. The summed E-state index contributed by atoms with van der Waals surface area (Å²) in [6.07, 6.45) is 1.74. The Kier molecular flexibility index (Phi) is 5.12. The number of nitrogens with zero attached hydrogens (tertiary/aromatic N) is 3. The molecule has 0 spiro atoms. The summed E-state index contributed by atoms with van der Waals surface area (Å²) in [5, 5.41) is 15.4. The lowest BCUT2D eigenvalue weighted by atomic mass is 10.0. The molecule has 1 saturated heterocycles. The summed E-state index contributed by atoms with van der Waals surface area (Å²) in [6.45, 7) is 0. The van der Waals surface area contributed by atoms with Crippen LogP contribution in [0.15, 0.2) is 95.5 Å². The van der Waals surface area contributed by atoms with Gasteiger partial charge in [-0.15, -0.1) is 0 Å². The van der Waals surface area contributed by atoms with Crippen molar-refractivity contribution in [2.75, 3.05) is 4.90 Å². The van der Waals surface area contributed by atoms with Gasteiger partial charge in [-0.2, -0.15) is 0 Å². The lowest BCUT2D eigenvalue weighted by molar-refractivity contribution is -0.384. The number of aromatic nitrogens is 1. The van der Waals surface area contributed by atoms with Gasteiger partial charge in [0.05, 0.1) is 22.2 Å². The quantitative estimate of drug-likeness (QED) is 0.251. The standard InChI is InChI=1S/C24H18N4O3S/c29-28(30)19-12-5-4-10-17(19)20-13-14-21(31-20)23-22(18-11-6-7-15-25-18)26-24(32)27(23)16-8-2-1-3-9-16/h1-15,22-23H,(H,26,32). The zero-order chi connectivity index (χ0) is 22.1. The first-order chi connectivity index (χ1) is 15.6. The number of hydrogen-bond acceptors (Lipinski definition) is 5. The van der Waals surface area contributed by atoms with Crippen LogP contribution in [0.5, 0.6) is 0 Å². The Morgan fingerprint density at radius 3 is 2.47 bits per heavy atom. The number of nitrogens with one attached hydrogen (secondary N) is 1. The third-order valence-electron chi connectivity index (χ3n) is 5.42. The Morgan fingerprint density at radius 1 is 0.969 bits per heavy atom. The maximum Gasteiger partial charge on any atom is 0.280 e. The molecular formula is C24H18N4O3S. The summed E-state index contributed by atoms with van der Waals surface area (Å²) < 4.78 is 6.22. The first kappa shape index (κ1) is 19.9. The summed E-state index contributed by atoms with van der Waals surface area (Å²) >= 11 is 5.69. The van der Waals surface area contributed by atoms with Crippen molar-refractivity contribution in [3.8, 4) is 11.3 Å². The van der Waals surface area contributed by atoms with Crippen LogP contribution in [0.1, 0.15) is 23.5 Å². The van der Waals surface area contributed by atoms with Crippen LogP contribution in [-0.2, 0) is 0 Å². The van der Waals surface area contributed by atoms with Gasteiger partial charge in [0.25, 0.3) is 5.69 Å². The van der Waals surface area contributed by atoms with Crippen molar-refractivity contribution in [3.05, 3.63) is 113 Å². The second kappa shape index (κ2) is 8.24. The lowest BCUT2D eigenvalue weighted by Gasteiger charge is -2.26. The van der Waals surface area contributed by atoms with Gasteiger partial charge in [0.2, 0.25) is 0 Å². The van der Waals surface area contributed by atoms with Crippen molar-refractivity contribution in [2.24, 2.45) is 0 Å². The van der Waals surface area contributed by atoms with E-state index in [-0.39, 0.29) is 17.8 Å². The smallest absolute Gasteiger partial charge is 0.280 e. The average Bonchev–Trinajstić information content (AvgIpc) is 3.44. The van der Waals surface area contributed by atoms with Gasteiger partial charge in [0, 0.05) is 18.0 Å². The number of nitro benzene ring substituents is 1. The van der Waals surface area contributed by atoms with Gasteiger partial charge >= 0.3 is 0 Å². The molecule has 1 aliphatic heterocycles. The number of thiocarbonyl (C=S) groups is 1. The molecule has 8 heteroatoms. The number of furan rings is 1. The summed E-state index contributed by atoms with van der Waals surface area (Å²) in [7, 11) is 0.